The van der Waals surface area contributed by atoms with E-state index in [-0.39, 0.29) is 12.5 Å². The summed E-state index contributed by atoms with van der Waals surface area (Å²) in [5.41, 5.74) is 1.08. The number of hydrogen-bond donors (Lipinski definition) is 0. The van der Waals surface area contributed by atoms with Crippen molar-refractivity contribution in [2.75, 3.05) is 6.61 Å². The Bertz CT molecular complexity index is 1260. The molecule has 0 N–H and O–H groups in total. The van der Waals surface area contributed by atoms with Gasteiger partial charge in [0.25, 0.3) is 5.91 Å². The maximum atomic E-state index is 12.7. The molecule has 2 heterocycles. The number of para-hydroxylation sites is 2. The van der Waals surface area contributed by atoms with Gasteiger partial charge >= 0.3 is 0 Å². The van der Waals surface area contributed by atoms with Gasteiger partial charge in [-0.2, -0.15) is 4.99 Å². The molecule has 3 aromatic carbocycles. The molecule has 0 spiro atoms. The number of carbonyl (C=O) groups is 1. The Hall–Kier alpha value is -3.12. The fraction of sp³-hybridized carbons (Fsp3) is 0.143. The van der Waals surface area contributed by atoms with Crippen LogP contribution in [0.3, 0.4) is 0 Å². The highest BCUT2D eigenvalue weighted by molar-refractivity contribution is 7.16. The maximum absolute atomic E-state index is 12.7. The first-order valence-corrected chi connectivity index (χ1v) is 9.47. The number of benzene rings is 3. The number of thiazole rings is 1. The highest BCUT2D eigenvalue weighted by atomic mass is 32.1. The zero-order chi connectivity index (χ0) is 18.4. The predicted octanol–water partition coefficient (Wildman–Crippen LogP) is 3.66. The molecular weight excluding hydrogens is 360 g/mol. The van der Waals surface area contributed by atoms with E-state index in [1.54, 1.807) is 6.07 Å². The molecule has 1 aliphatic heterocycles. The summed E-state index contributed by atoms with van der Waals surface area (Å²) in [6, 6.07) is 19.7. The molecule has 6 heteroatoms. The van der Waals surface area contributed by atoms with Crippen LogP contribution in [0.5, 0.6) is 11.5 Å². The molecule has 4 aromatic rings. The van der Waals surface area contributed by atoms with E-state index in [0.717, 1.165) is 21.0 Å². The van der Waals surface area contributed by atoms with Crippen molar-refractivity contribution in [2.24, 2.45) is 12.0 Å². The minimum Gasteiger partial charge on any atom is -0.485 e. The van der Waals surface area contributed by atoms with Gasteiger partial charge in [-0.1, -0.05) is 53.8 Å². The molecule has 0 fully saturated rings. The standard InChI is InChI=1S/C21H16N2O3S/c1-23-19-14-7-3-2-6-13(14)10-11-18(19)27-21(23)22-20(24)17-12-25-15-8-4-5-9-16(15)26-17/h2-11,17H,12H2,1H3/t17-/m0/s1. The van der Waals surface area contributed by atoms with E-state index in [1.165, 1.54) is 11.3 Å². The third-order valence-corrected chi connectivity index (χ3v) is 5.77. The summed E-state index contributed by atoms with van der Waals surface area (Å²) < 4.78 is 14.5. The number of aryl methyl sites for hydroxylation is 1. The summed E-state index contributed by atoms with van der Waals surface area (Å²) in [4.78, 5) is 17.7. The van der Waals surface area contributed by atoms with Gasteiger partial charge in [0.15, 0.2) is 16.3 Å². The molecule has 0 saturated carbocycles. The van der Waals surface area contributed by atoms with Crippen molar-refractivity contribution in [3.05, 3.63) is 65.5 Å². The van der Waals surface area contributed by atoms with Gasteiger partial charge in [0, 0.05) is 12.4 Å². The molecule has 0 saturated heterocycles. The van der Waals surface area contributed by atoms with E-state index < -0.39 is 6.10 Å². The maximum Gasteiger partial charge on any atom is 0.292 e. The van der Waals surface area contributed by atoms with Crippen molar-refractivity contribution in [3.63, 3.8) is 0 Å². The van der Waals surface area contributed by atoms with E-state index >= 15 is 0 Å². The Balaban J connectivity index is 1.55. The van der Waals surface area contributed by atoms with Crippen LogP contribution in [0.1, 0.15) is 0 Å². The quantitative estimate of drug-likeness (QED) is 0.509. The summed E-state index contributed by atoms with van der Waals surface area (Å²) in [7, 11) is 1.94. The molecular formula is C21H16N2O3S. The summed E-state index contributed by atoms with van der Waals surface area (Å²) in [6.07, 6.45) is -0.734. The van der Waals surface area contributed by atoms with E-state index in [0.29, 0.717) is 16.3 Å². The molecule has 0 bridgehead atoms. The van der Waals surface area contributed by atoms with E-state index in [2.05, 4.69) is 29.3 Å². The van der Waals surface area contributed by atoms with Crippen LogP contribution >= 0.6 is 11.3 Å². The van der Waals surface area contributed by atoms with E-state index in [4.69, 9.17) is 9.47 Å². The van der Waals surface area contributed by atoms with Gasteiger partial charge < -0.3 is 14.0 Å². The average Bonchev–Trinajstić information content (AvgIpc) is 3.03. The largest absolute Gasteiger partial charge is 0.485 e. The van der Waals surface area contributed by atoms with Crippen molar-refractivity contribution < 1.29 is 14.3 Å². The Morgan fingerprint density at radius 3 is 2.74 bits per heavy atom. The van der Waals surface area contributed by atoms with Crippen LogP contribution in [-0.4, -0.2) is 23.2 Å². The van der Waals surface area contributed by atoms with Crippen LogP contribution in [-0.2, 0) is 11.8 Å². The zero-order valence-corrected chi connectivity index (χ0v) is 15.4. The van der Waals surface area contributed by atoms with Gasteiger partial charge in [-0.05, 0) is 23.6 Å². The lowest BCUT2D eigenvalue weighted by Gasteiger charge is -2.23. The van der Waals surface area contributed by atoms with Crippen molar-refractivity contribution in [1.29, 1.82) is 0 Å². The second kappa shape index (κ2) is 6.25. The first-order valence-electron chi connectivity index (χ1n) is 8.65. The first kappa shape index (κ1) is 16.1. The van der Waals surface area contributed by atoms with E-state index in [1.807, 2.05) is 41.9 Å². The van der Waals surface area contributed by atoms with Crippen molar-refractivity contribution >= 4 is 38.2 Å². The van der Waals surface area contributed by atoms with Gasteiger partial charge in [-0.3, -0.25) is 4.79 Å². The molecule has 0 aliphatic carbocycles. The fourth-order valence-corrected chi connectivity index (χ4v) is 4.37. The van der Waals surface area contributed by atoms with Gasteiger partial charge in [0.05, 0.1) is 10.2 Å². The van der Waals surface area contributed by atoms with Gasteiger partial charge in [0.1, 0.15) is 6.61 Å². The van der Waals surface area contributed by atoms with Crippen LogP contribution < -0.4 is 14.3 Å². The van der Waals surface area contributed by atoms with Crippen molar-refractivity contribution in [3.8, 4) is 11.5 Å². The number of rotatable bonds is 1. The third-order valence-electron chi connectivity index (χ3n) is 4.68. The molecule has 1 atom stereocenters. The smallest absolute Gasteiger partial charge is 0.292 e. The molecule has 1 aromatic heterocycles. The monoisotopic (exact) mass is 376 g/mol. The number of fused-ring (bicyclic) bond motifs is 4. The molecule has 0 radical (unpaired) electrons. The lowest BCUT2D eigenvalue weighted by Crippen LogP contribution is -2.36. The molecule has 5 nitrogen and oxygen atoms in total. The number of aromatic nitrogens is 1. The average molecular weight is 376 g/mol. The van der Waals surface area contributed by atoms with Crippen LogP contribution in [0.15, 0.2) is 65.7 Å². The number of amides is 1. The lowest BCUT2D eigenvalue weighted by atomic mass is 10.1. The predicted molar refractivity (Wildman–Crippen MR) is 105 cm³/mol. The number of carbonyl (C=O) groups excluding carboxylic acids is 1. The number of nitrogens with zero attached hydrogens (tertiary/aromatic N) is 2. The van der Waals surface area contributed by atoms with Gasteiger partial charge in [0.2, 0.25) is 6.10 Å². The fourth-order valence-electron chi connectivity index (χ4n) is 3.33. The van der Waals surface area contributed by atoms with Crippen molar-refractivity contribution in [1.82, 2.24) is 4.57 Å². The second-order valence-electron chi connectivity index (χ2n) is 6.39. The summed E-state index contributed by atoms with van der Waals surface area (Å²) in [6.45, 7) is 0.164. The SMILES string of the molecule is Cn1c(=NC(=O)[C@@H]2COc3ccccc3O2)sc2ccc3ccccc3c21. The molecule has 5 rings (SSSR count). The normalized spacial score (nSPS) is 16.8. The van der Waals surface area contributed by atoms with Crippen LogP contribution in [0.2, 0.25) is 0 Å². The zero-order valence-electron chi connectivity index (χ0n) is 14.6. The molecule has 1 aliphatic rings. The van der Waals surface area contributed by atoms with E-state index in [9.17, 15) is 4.79 Å². The summed E-state index contributed by atoms with van der Waals surface area (Å²) in [5, 5.41) is 2.31. The Kier molecular flexibility index (Phi) is 3.72. The first-order chi connectivity index (χ1) is 13.2. The highest BCUT2D eigenvalue weighted by Gasteiger charge is 2.27. The third kappa shape index (κ3) is 2.69. The van der Waals surface area contributed by atoms with Gasteiger partial charge in [-0.25, -0.2) is 0 Å². The molecule has 27 heavy (non-hydrogen) atoms. The number of ether oxygens (including phenoxy) is 2. The number of hydrogen-bond acceptors (Lipinski definition) is 4. The molecule has 1 amide bonds. The minimum absolute atomic E-state index is 0.164. The summed E-state index contributed by atoms with van der Waals surface area (Å²) in [5.74, 6) is 0.889. The van der Waals surface area contributed by atoms with Crippen LogP contribution in [0, 0.1) is 0 Å². The van der Waals surface area contributed by atoms with Crippen LogP contribution in [0.25, 0.3) is 21.0 Å². The lowest BCUT2D eigenvalue weighted by molar-refractivity contribution is -0.127. The Labute approximate surface area is 159 Å². The Morgan fingerprint density at radius 2 is 1.85 bits per heavy atom. The minimum atomic E-state index is -0.734. The topological polar surface area (TPSA) is 52.8 Å². The Morgan fingerprint density at radius 1 is 1.07 bits per heavy atom. The summed E-state index contributed by atoms with van der Waals surface area (Å²) >= 11 is 1.50. The molecule has 0 unspecified atom stereocenters. The highest BCUT2D eigenvalue weighted by Crippen LogP contribution is 2.31. The van der Waals surface area contributed by atoms with Gasteiger partial charge in [-0.15, -0.1) is 0 Å². The molecule has 134 valence electrons. The second-order valence-corrected chi connectivity index (χ2v) is 7.40. The van der Waals surface area contributed by atoms with Crippen molar-refractivity contribution in [2.45, 2.75) is 6.10 Å². The van der Waals surface area contributed by atoms with Crippen LogP contribution in [0.4, 0.5) is 0 Å².